The van der Waals surface area contributed by atoms with E-state index in [0.717, 1.165) is 5.69 Å². The van der Waals surface area contributed by atoms with Crippen LogP contribution in [0.2, 0.25) is 0 Å². The third-order valence-electron chi connectivity index (χ3n) is 3.83. The Balaban J connectivity index is 2.52. The lowest BCUT2D eigenvalue weighted by Crippen LogP contribution is -2.10. The van der Waals surface area contributed by atoms with Gasteiger partial charge in [-0.2, -0.15) is 10.4 Å². The van der Waals surface area contributed by atoms with Crippen LogP contribution in [0, 0.1) is 18.3 Å². The Bertz CT molecular complexity index is 768. The maximum absolute atomic E-state index is 10.6. The molecule has 0 atom stereocenters. The molecule has 1 N–H and O–H groups in total. The Morgan fingerprint density at radius 1 is 1.26 bits per heavy atom. The molecule has 0 saturated heterocycles. The van der Waals surface area contributed by atoms with E-state index in [2.05, 4.69) is 31.9 Å². The number of aromatic nitrogens is 2. The van der Waals surface area contributed by atoms with Gasteiger partial charge in [0.1, 0.15) is 17.3 Å². The van der Waals surface area contributed by atoms with Gasteiger partial charge in [0.15, 0.2) is 5.76 Å². The minimum Gasteiger partial charge on any atom is -0.504 e. The van der Waals surface area contributed by atoms with E-state index in [1.807, 2.05) is 38.1 Å². The zero-order chi connectivity index (χ0) is 17.2. The maximum atomic E-state index is 10.6. The third-order valence-corrected chi connectivity index (χ3v) is 3.83. The first-order valence-electron chi connectivity index (χ1n) is 7.77. The van der Waals surface area contributed by atoms with E-state index in [1.165, 1.54) is 5.56 Å². The Labute approximate surface area is 137 Å². The van der Waals surface area contributed by atoms with Crippen molar-refractivity contribution in [1.82, 2.24) is 9.78 Å². The summed E-state index contributed by atoms with van der Waals surface area (Å²) in [6.07, 6.45) is 0. The van der Waals surface area contributed by atoms with Crippen molar-refractivity contribution < 1.29 is 5.11 Å². The van der Waals surface area contributed by atoms with E-state index in [0.29, 0.717) is 17.8 Å². The van der Waals surface area contributed by atoms with E-state index >= 15 is 0 Å². The van der Waals surface area contributed by atoms with Crippen molar-refractivity contribution in [3.8, 4) is 6.07 Å². The van der Waals surface area contributed by atoms with Crippen molar-refractivity contribution in [2.75, 3.05) is 0 Å². The van der Waals surface area contributed by atoms with Gasteiger partial charge in [0.2, 0.25) is 0 Å². The second-order valence-corrected chi connectivity index (χ2v) is 6.65. The van der Waals surface area contributed by atoms with E-state index < -0.39 is 0 Å². The van der Waals surface area contributed by atoms with Gasteiger partial charge in [0, 0.05) is 6.54 Å². The normalized spacial score (nSPS) is 12.7. The number of hydrogen-bond acceptors (Lipinski definition) is 3. The fourth-order valence-electron chi connectivity index (χ4n) is 2.50. The molecule has 0 amide bonds. The molecule has 0 radical (unpaired) electrons. The van der Waals surface area contributed by atoms with Gasteiger partial charge in [-0.05, 0) is 36.5 Å². The highest BCUT2D eigenvalue weighted by molar-refractivity contribution is 5.93. The van der Waals surface area contributed by atoms with Crippen LogP contribution in [0.4, 0.5) is 0 Å². The molecule has 2 rings (SSSR count). The van der Waals surface area contributed by atoms with Gasteiger partial charge < -0.3 is 5.11 Å². The summed E-state index contributed by atoms with van der Waals surface area (Å²) in [6, 6.07) is 11.7. The zero-order valence-corrected chi connectivity index (χ0v) is 14.4. The van der Waals surface area contributed by atoms with Gasteiger partial charge in [0.25, 0.3) is 0 Å². The predicted molar refractivity (Wildman–Crippen MR) is 92.8 cm³/mol. The Kier molecular flexibility index (Phi) is 4.60. The number of rotatable bonds is 3. The number of aryl methyl sites for hydroxylation is 2. The lowest BCUT2D eigenvalue weighted by molar-refractivity contribution is 0.497. The molecular formula is C19H23N3O. The summed E-state index contributed by atoms with van der Waals surface area (Å²) in [5, 5.41) is 24.4. The molecule has 23 heavy (non-hydrogen) atoms. The fourth-order valence-corrected chi connectivity index (χ4v) is 2.50. The Morgan fingerprint density at radius 2 is 1.87 bits per heavy atom. The van der Waals surface area contributed by atoms with Crippen LogP contribution in [0.5, 0.6) is 0 Å². The second kappa shape index (κ2) is 6.29. The number of allylic oxidation sites excluding steroid dienone is 1. The number of nitrogens with zero attached hydrogens (tertiary/aromatic N) is 3. The van der Waals surface area contributed by atoms with Gasteiger partial charge in [0.05, 0.1) is 5.69 Å². The number of aliphatic hydroxyl groups is 1. The van der Waals surface area contributed by atoms with Gasteiger partial charge in [-0.3, -0.25) is 4.68 Å². The highest BCUT2D eigenvalue weighted by atomic mass is 16.3. The molecule has 4 nitrogen and oxygen atoms in total. The van der Waals surface area contributed by atoms with Crippen molar-refractivity contribution in [2.45, 2.75) is 46.6 Å². The van der Waals surface area contributed by atoms with Gasteiger partial charge >= 0.3 is 0 Å². The molecule has 0 bridgehead atoms. The average molecular weight is 309 g/mol. The van der Waals surface area contributed by atoms with Crippen LogP contribution in [-0.2, 0) is 12.0 Å². The summed E-state index contributed by atoms with van der Waals surface area (Å²) in [6.45, 7) is 10.9. The zero-order valence-electron chi connectivity index (χ0n) is 14.4. The largest absolute Gasteiger partial charge is 0.504 e. The Morgan fingerprint density at radius 3 is 2.35 bits per heavy atom. The Hall–Kier alpha value is -2.54. The van der Waals surface area contributed by atoms with Crippen LogP contribution in [0.25, 0.3) is 11.3 Å². The summed E-state index contributed by atoms with van der Waals surface area (Å²) in [5.74, 6) is -0.0292. The lowest BCUT2D eigenvalue weighted by atomic mass is 9.86. The van der Waals surface area contributed by atoms with E-state index in [1.54, 1.807) is 10.7 Å². The quantitative estimate of drug-likeness (QED) is 0.672. The molecule has 1 heterocycles. The van der Waals surface area contributed by atoms with Crippen LogP contribution in [-0.4, -0.2) is 14.9 Å². The first kappa shape index (κ1) is 16.8. The molecule has 1 aromatic carbocycles. The van der Waals surface area contributed by atoms with Crippen molar-refractivity contribution in [1.29, 1.82) is 5.26 Å². The molecule has 0 fully saturated rings. The monoisotopic (exact) mass is 309 g/mol. The van der Waals surface area contributed by atoms with Crippen LogP contribution >= 0.6 is 0 Å². The lowest BCUT2D eigenvalue weighted by Gasteiger charge is -2.19. The summed E-state index contributed by atoms with van der Waals surface area (Å²) >= 11 is 0. The molecule has 4 heteroatoms. The van der Waals surface area contributed by atoms with Crippen molar-refractivity contribution in [3.63, 3.8) is 0 Å². The SMILES string of the molecule is CCn1nc(C)cc1C(O)=C(C#N)c1ccc(C(C)(C)C)cc1. The van der Waals surface area contributed by atoms with Crippen molar-refractivity contribution in [2.24, 2.45) is 0 Å². The summed E-state index contributed by atoms with van der Waals surface area (Å²) < 4.78 is 1.70. The number of benzene rings is 1. The van der Waals surface area contributed by atoms with Crippen LogP contribution in [0.1, 0.15) is 50.2 Å². The molecule has 0 saturated carbocycles. The second-order valence-electron chi connectivity index (χ2n) is 6.65. The summed E-state index contributed by atoms with van der Waals surface area (Å²) in [5.41, 5.74) is 3.59. The molecule has 0 spiro atoms. The maximum Gasteiger partial charge on any atom is 0.159 e. The molecule has 2 aromatic rings. The minimum atomic E-state index is -0.0292. The predicted octanol–water partition coefficient (Wildman–Crippen LogP) is 4.46. The van der Waals surface area contributed by atoms with Crippen LogP contribution in [0.3, 0.4) is 0 Å². The number of aliphatic hydroxyl groups excluding tert-OH is 1. The van der Waals surface area contributed by atoms with Gasteiger partial charge in [-0.1, -0.05) is 45.0 Å². The molecule has 0 aliphatic rings. The first-order chi connectivity index (χ1) is 10.8. The van der Waals surface area contributed by atoms with Crippen LogP contribution in [0.15, 0.2) is 30.3 Å². The van der Waals surface area contributed by atoms with Gasteiger partial charge in [-0.15, -0.1) is 0 Å². The van der Waals surface area contributed by atoms with E-state index in [9.17, 15) is 10.4 Å². The molecule has 1 aromatic heterocycles. The van der Waals surface area contributed by atoms with E-state index in [4.69, 9.17) is 0 Å². The number of hydrogen-bond donors (Lipinski definition) is 1. The van der Waals surface area contributed by atoms with Crippen LogP contribution < -0.4 is 0 Å². The van der Waals surface area contributed by atoms with E-state index in [-0.39, 0.29) is 16.7 Å². The number of nitriles is 1. The molecule has 0 aliphatic heterocycles. The minimum absolute atomic E-state index is 0.0292. The highest BCUT2D eigenvalue weighted by Crippen LogP contribution is 2.27. The fraction of sp³-hybridized carbons (Fsp3) is 0.368. The molecule has 120 valence electrons. The smallest absolute Gasteiger partial charge is 0.159 e. The van der Waals surface area contributed by atoms with Crippen molar-refractivity contribution >= 4 is 11.3 Å². The highest BCUT2D eigenvalue weighted by Gasteiger charge is 2.17. The summed E-state index contributed by atoms with van der Waals surface area (Å²) in [7, 11) is 0. The topological polar surface area (TPSA) is 61.8 Å². The van der Waals surface area contributed by atoms with Crippen molar-refractivity contribution in [3.05, 3.63) is 52.8 Å². The summed E-state index contributed by atoms with van der Waals surface area (Å²) in [4.78, 5) is 0. The standard InChI is InChI=1S/C19H23N3O/c1-6-22-17(11-13(2)21-22)18(23)16(12-20)14-7-9-15(10-8-14)19(3,4)5/h7-11,23H,6H2,1-5H3. The molecule has 0 aliphatic carbocycles. The average Bonchev–Trinajstić information content (AvgIpc) is 2.88. The van der Waals surface area contributed by atoms with Gasteiger partial charge in [-0.25, -0.2) is 0 Å². The molecule has 0 unspecified atom stereocenters. The molecular weight excluding hydrogens is 286 g/mol. The third kappa shape index (κ3) is 3.45. The first-order valence-corrected chi connectivity index (χ1v) is 7.77.